The van der Waals surface area contributed by atoms with Gasteiger partial charge in [0, 0.05) is 25.2 Å². The van der Waals surface area contributed by atoms with Gasteiger partial charge in [0.15, 0.2) is 0 Å². The Bertz CT molecular complexity index is 1000. The number of amides is 2. The van der Waals surface area contributed by atoms with Crippen molar-refractivity contribution in [1.29, 1.82) is 0 Å². The van der Waals surface area contributed by atoms with Gasteiger partial charge in [-0.05, 0) is 38.5 Å². The zero-order chi connectivity index (χ0) is 28.0. The van der Waals surface area contributed by atoms with Crippen molar-refractivity contribution < 1.29 is 23.1 Å². The van der Waals surface area contributed by atoms with E-state index in [0.29, 0.717) is 6.42 Å². The van der Waals surface area contributed by atoms with Gasteiger partial charge in [-0.25, -0.2) is 13.6 Å². The molecule has 2 rings (SSSR count). The largest absolute Gasteiger partial charge is 0.442 e. The van der Waals surface area contributed by atoms with E-state index in [1.165, 1.54) is 12.3 Å². The first-order valence-corrected chi connectivity index (χ1v) is 11.9. The highest BCUT2D eigenvalue weighted by atomic mass is 19.1. The first-order valence-electron chi connectivity index (χ1n) is 11.9. The predicted molar refractivity (Wildman–Crippen MR) is 143 cm³/mol. The van der Waals surface area contributed by atoms with Gasteiger partial charge in [0.2, 0.25) is 5.91 Å². The number of rotatable bonds is 11. The summed E-state index contributed by atoms with van der Waals surface area (Å²) in [6, 6.07) is 2.29. The van der Waals surface area contributed by atoms with Crippen LogP contribution in [0.1, 0.15) is 39.7 Å². The Hall–Kier alpha value is -3.70. The number of carbonyl (C=O) groups excluding carboxylic acids is 2. The van der Waals surface area contributed by atoms with Gasteiger partial charge in [0.25, 0.3) is 0 Å². The van der Waals surface area contributed by atoms with Crippen molar-refractivity contribution in [2.45, 2.75) is 46.3 Å². The summed E-state index contributed by atoms with van der Waals surface area (Å²) in [6.45, 7) is 12.1. The second-order valence-corrected chi connectivity index (χ2v) is 8.05. The minimum absolute atomic E-state index is 0.0568. The number of hydrazine groups is 1. The molecule has 9 nitrogen and oxygen atoms in total. The van der Waals surface area contributed by atoms with Crippen molar-refractivity contribution in [3.8, 4) is 0 Å². The fourth-order valence-corrected chi connectivity index (χ4v) is 3.29. The molecule has 1 aromatic rings. The van der Waals surface area contributed by atoms with E-state index < -0.39 is 23.8 Å². The average Bonchev–Trinajstić information content (AvgIpc) is 3.24. The topological polar surface area (TPSA) is 135 Å². The molecule has 1 fully saturated rings. The summed E-state index contributed by atoms with van der Waals surface area (Å²) in [7, 11) is 0. The summed E-state index contributed by atoms with van der Waals surface area (Å²) in [4.78, 5) is 24.4. The lowest BCUT2D eigenvalue weighted by molar-refractivity contribution is -0.121. The van der Waals surface area contributed by atoms with Crippen molar-refractivity contribution >= 4 is 23.3 Å². The Morgan fingerprint density at radius 2 is 1.95 bits per heavy atom. The first kappa shape index (κ1) is 31.3. The summed E-state index contributed by atoms with van der Waals surface area (Å²) in [6.07, 6.45) is 7.63. The van der Waals surface area contributed by atoms with Crippen LogP contribution in [0.5, 0.6) is 0 Å². The van der Waals surface area contributed by atoms with Crippen molar-refractivity contribution in [1.82, 2.24) is 16.1 Å². The van der Waals surface area contributed by atoms with Crippen LogP contribution in [-0.4, -0.2) is 43.8 Å². The number of nitrogens with two attached hydrogens (primary N) is 2. The lowest BCUT2D eigenvalue weighted by Gasteiger charge is -2.15. The van der Waals surface area contributed by atoms with Crippen molar-refractivity contribution in [3.63, 3.8) is 0 Å². The number of anilines is 1. The van der Waals surface area contributed by atoms with Gasteiger partial charge in [-0.1, -0.05) is 37.8 Å². The van der Waals surface area contributed by atoms with E-state index in [1.807, 2.05) is 26.0 Å². The Morgan fingerprint density at radius 3 is 2.46 bits per heavy atom. The zero-order valence-electron chi connectivity index (χ0n) is 21.8. The van der Waals surface area contributed by atoms with E-state index >= 15 is 0 Å². The summed E-state index contributed by atoms with van der Waals surface area (Å²) < 4.78 is 33.7. The maximum Gasteiger partial charge on any atom is 0.414 e. The van der Waals surface area contributed by atoms with Crippen LogP contribution in [0.2, 0.25) is 0 Å². The SMILES string of the molecule is C/C=C/CNC(C)/C(=C/N)NN.C=C(/C=C\C)c1c(F)cc(N2CC(CNC(=O)CC)OC2=O)cc1F. The van der Waals surface area contributed by atoms with Crippen LogP contribution in [0.3, 0.4) is 0 Å². The van der Waals surface area contributed by atoms with Crippen LogP contribution in [0, 0.1) is 11.6 Å². The number of halogens is 2. The molecule has 2 amide bonds. The van der Waals surface area contributed by atoms with E-state index in [1.54, 1.807) is 19.9 Å². The van der Waals surface area contributed by atoms with Crippen LogP contribution in [-0.2, 0) is 9.53 Å². The van der Waals surface area contributed by atoms with Gasteiger partial charge in [0.1, 0.15) is 17.7 Å². The molecule has 204 valence electrons. The fourth-order valence-electron chi connectivity index (χ4n) is 3.29. The van der Waals surface area contributed by atoms with Gasteiger partial charge in [-0.2, -0.15) is 0 Å². The van der Waals surface area contributed by atoms with Crippen LogP contribution < -0.4 is 32.5 Å². The third-order valence-electron chi connectivity index (χ3n) is 5.34. The van der Waals surface area contributed by atoms with Crippen molar-refractivity contribution in [2.75, 3.05) is 24.5 Å². The molecule has 0 spiro atoms. The molecule has 1 heterocycles. The zero-order valence-corrected chi connectivity index (χ0v) is 21.8. The van der Waals surface area contributed by atoms with Gasteiger partial charge >= 0.3 is 6.09 Å². The van der Waals surface area contributed by atoms with Gasteiger partial charge < -0.3 is 26.5 Å². The number of benzene rings is 1. The molecule has 2 atom stereocenters. The number of carbonyl (C=O) groups is 2. The lowest BCUT2D eigenvalue weighted by atomic mass is 10.0. The lowest BCUT2D eigenvalue weighted by Crippen LogP contribution is -2.37. The molecule has 37 heavy (non-hydrogen) atoms. The molecule has 0 bridgehead atoms. The molecular formula is C26H38F2N6O3. The molecule has 1 aliphatic rings. The molecule has 2 unspecified atom stereocenters. The Kier molecular flexibility index (Phi) is 13.7. The highest BCUT2D eigenvalue weighted by molar-refractivity contribution is 5.90. The molecule has 1 saturated heterocycles. The van der Waals surface area contributed by atoms with Crippen molar-refractivity contribution in [2.24, 2.45) is 11.6 Å². The van der Waals surface area contributed by atoms with Crippen molar-refractivity contribution in [3.05, 3.63) is 72.1 Å². The third kappa shape index (κ3) is 9.70. The third-order valence-corrected chi connectivity index (χ3v) is 5.34. The first-order chi connectivity index (χ1) is 17.6. The summed E-state index contributed by atoms with van der Waals surface area (Å²) in [5.41, 5.74) is 8.67. The molecule has 11 heteroatoms. The Morgan fingerprint density at radius 1 is 1.30 bits per heavy atom. The standard InChI is InChI=1S/C18H20F2N2O3.C8H18N4/c1-4-6-11(3)17-14(19)7-12(8-15(17)20)22-10-13(25-18(22)24)9-21-16(23)5-2;1-3-4-5-11-7(2)8(6-9)12-10/h4,6-8,13H,3,5,9-10H2,1-2H3,(H,21,23);3-4,6-7,11-12H,5,9-10H2,1-2H3/b6-4-;4-3+,8-6-. The van der Waals surface area contributed by atoms with Gasteiger partial charge in [-0.3, -0.25) is 15.5 Å². The smallest absolute Gasteiger partial charge is 0.414 e. The van der Waals surface area contributed by atoms with E-state index in [9.17, 15) is 18.4 Å². The molecular weight excluding hydrogens is 482 g/mol. The molecule has 1 aliphatic heterocycles. The van der Waals surface area contributed by atoms with E-state index in [2.05, 4.69) is 22.6 Å². The van der Waals surface area contributed by atoms with Crippen LogP contribution in [0.15, 0.2) is 54.9 Å². The minimum Gasteiger partial charge on any atom is -0.442 e. The molecule has 0 radical (unpaired) electrons. The molecule has 0 aliphatic carbocycles. The molecule has 0 aromatic heterocycles. The molecule has 0 saturated carbocycles. The number of hydrogen-bond donors (Lipinski definition) is 5. The van der Waals surface area contributed by atoms with Crippen LogP contribution >= 0.6 is 0 Å². The highest BCUT2D eigenvalue weighted by Gasteiger charge is 2.33. The normalized spacial score (nSPS) is 16.4. The fraction of sp³-hybridized carbons (Fsp3) is 0.385. The number of ether oxygens (including phenoxy) is 1. The summed E-state index contributed by atoms with van der Waals surface area (Å²) in [5.74, 6) is 3.44. The van der Waals surface area contributed by atoms with Crippen LogP contribution in [0.4, 0.5) is 19.3 Å². The maximum atomic E-state index is 14.3. The van der Waals surface area contributed by atoms with Crippen LogP contribution in [0.25, 0.3) is 5.57 Å². The number of cyclic esters (lactones) is 1. The van der Waals surface area contributed by atoms with E-state index in [0.717, 1.165) is 29.3 Å². The number of nitrogens with one attached hydrogen (secondary N) is 3. The number of hydrogen-bond acceptors (Lipinski definition) is 7. The van der Waals surface area contributed by atoms with E-state index in [4.69, 9.17) is 16.3 Å². The minimum atomic E-state index is -0.811. The second-order valence-electron chi connectivity index (χ2n) is 8.05. The molecule has 7 N–H and O–H groups in total. The summed E-state index contributed by atoms with van der Waals surface area (Å²) >= 11 is 0. The monoisotopic (exact) mass is 520 g/mol. The highest BCUT2D eigenvalue weighted by Crippen LogP contribution is 2.29. The van der Waals surface area contributed by atoms with E-state index in [-0.39, 0.29) is 41.9 Å². The van der Waals surface area contributed by atoms with Gasteiger partial charge in [-0.15, -0.1) is 0 Å². The Labute approximate surface area is 217 Å². The molecule has 1 aromatic carbocycles. The maximum absolute atomic E-state index is 14.3. The number of allylic oxidation sites excluding steroid dienone is 4. The average molecular weight is 521 g/mol. The quantitative estimate of drug-likeness (QED) is 0.131. The summed E-state index contributed by atoms with van der Waals surface area (Å²) in [5, 5.41) is 5.83. The van der Waals surface area contributed by atoms with Gasteiger partial charge in [0.05, 0.1) is 30.0 Å². The number of nitrogens with zero attached hydrogens (tertiary/aromatic N) is 1. The second kappa shape index (κ2) is 16.1. The Balaban J connectivity index is 0.000000482. The predicted octanol–water partition coefficient (Wildman–Crippen LogP) is 3.21.